The van der Waals surface area contributed by atoms with Crippen molar-refractivity contribution in [3.05, 3.63) is 16.2 Å². The van der Waals surface area contributed by atoms with Crippen molar-refractivity contribution in [2.24, 2.45) is 21.5 Å². The lowest BCUT2D eigenvalue weighted by atomic mass is 10.3. The highest BCUT2D eigenvalue weighted by Crippen LogP contribution is 2.06. The fourth-order valence-electron chi connectivity index (χ4n) is 0.586. The van der Waals surface area contributed by atoms with E-state index in [4.69, 9.17) is 18.0 Å². The highest BCUT2D eigenvalue weighted by atomic mass is 14.9. The lowest BCUT2D eigenvalue weighted by molar-refractivity contribution is 1.29. The van der Waals surface area contributed by atoms with Gasteiger partial charge >= 0.3 is 5.70 Å². The van der Waals surface area contributed by atoms with Crippen LogP contribution in [0.4, 0.5) is 0 Å². The van der Waals surface area contributed by atoms with Gasteiger partial charge in [-0.3, -0.25) is 4.99 Å². The van der Waals surface area contributed by atoms with Crippen molar-refractivity contribution in [2.45, 2.75) is 6.92 Å². The van der Waals surface area contributed by atoms with E-state index in [-0.39, 0.29) is 5.84 Å². The minimum atomic E-state index is 0.253. The van der Waals surface area contributed by atoms with E-state index < -0.39 is 0 Å². The van der Waals surface area contributed by atoms with Gasteiger partial charge in [0, 0.05) is 14.0 Å². The summed E-state index contributed by atoms with van der Waals surface area (Å²) in [5.41, 5.74) is 11.5. The predicted octanol–water partition coefficient (Wildman–Crippen LogP) is 0.155. The summed E-state index contributed by atoms with van der Waals surface area (Å²) < 4.78 is 0. The first-order valence-corrected chi connectivity index (χ1v) is 3.26. The number of allylic oxidation sites excluding steroid dienone is 1. The average Bonchev–Trinajstić information content (AvgIpc) is 2.11. The van der Waals surface area contributed by atoms with Crippen molar-refractivity contribution < 1.29 is 0 Å². The Bertz CT molecular complexity index is 279. The number of hydrogen-bond acceptors (Lipinski definition) is 2. The van der Waals surface area contributed by atoms with Gasteiger partial charge in [0.25, 0.3) is 6.57 Å². The van der Waals surface area contributed by atoms with E-state index in [9.17, 15) is 0 Å². The second-order valence-electron chi connectivity index (χ2n) is 1.95. The molecule has 0 spiro atoms. The van der Waals surface area contributed by atoms with E-state index in [0.29, 0.717) is 11.4 Å². The molecule has 5 nitrogen and oxygen atoms in total. The van der Waals surface area contributed by atoms with Crippen molar-refractivity contribution in [3.8, 4) is 6.57 Å². The third-order valence-corrected chi connectivity index (χ3v) is 1.22. The number of hydrogen-bond donors (Lipinski definition) is 2. The van der Waals surface area contributed by atoms with Gasteiger partial charge in [-0.05, 0) is 4.85 Å². The van der Waals surface area contributed by atoms with Crippen LogP contribution in [-0.2, 0) is 0 Å². The lowest BCUT2D eigenvalue weighted by Gasteiger charge is -1.94. The van der Waals surface area contributed by atoms with Crippen molar-refractivity contribution in [1.29, 1.82) is 0 Å². The first kappa shape index (κ1) is 10.2. The zero-order chi connectivity index (χ0) is 9.56. The van der Waals surface area contributed by atoms with Crippen LogP contribution in [0.15, 0.2) is 21.4 Å². The Labute approximate surface area is 71.3 Å². The van der Waals surface area contributed by atoms with Gasteiger partial charge in [-0.2, -0.15) is 0 Å². The van der Waals surface area contributed by atoms with Crippen molar-refractivity contribution in [3.63, 3.8) is 0 Å². The summed E-state index contributed by atoms with van der Waals surface area (Å²) in [7, 11) is 1.55. The molecule has 0 saturated heterocycles. The Morgan fingerprint density at radius 2 is 2.17 bits per heavy atom. The lowest BCUT2D eigenvalue weighted by Crippen LogP contribution is -2.15. The molecule has 0 atom stereocenters. The van der Waals surface area contributed by atoms with Gasteiger partial charge in [0.15, 0.2) is 11.5 Å². The van der Waals surface area contributed by atoms with Gasteiger partial charge < -0.3 is 11.5 Å². The Balaban J connectivity index is 5.09. The Morgan fingerprint density at radius 3 is 2.50 bits per heavy atom. The molecule has 0 aromatic heterocycles. The normalized spacial score (nSPS) is 14.2. The van der Waals surface area contributed by atoms with Gasteiger partial charge in [0.05, 0.1) is 6.34 Å². The maximum atomic E-state index is 5.49. The molecule has 0 amide bonds. The molecule has 0 aliphatic carbocycles. The molecule has 0 saturated carbocycles. The Kier molecular flexibility index (Phi) is 4.16. The molecule has 12 heavy (non-hydrogen) atoms. The van der Waals surface area contributed by atoms with E-state index in [1.807, 2.05) is 0 Å². The van der Waals surface area contributed by atoms with Gasteiger partial charge in [-0.1, -0.05) is 0 Å². The Hall–Kier alpha value is -1.83. The fourth-order valence-corrected chi connectivity index (χ4v) is 0.586. The maximum absolute atomic E-state index is 5.49. The van der Waals surface area contributed by atoms with Crippen LogP contribution in [0.5, 0.6) is 0 Å². The van der Waals surface area contributed by atoms with Crippen LogP contribution in [0.2, 0.25) is 0 Å². The minimum Gasteiger partial charge on any atom is -0.390 e. The smallest absolute Gasteiger partial charge is 0.342 e. The summed E-state index contributed by atoms with van der Waals surface area (Å²) in [5, 5.41) is 0. The largest absolute Gasteiger partial charge is 0.390 e. The van der Waals surface area contributed by atoms with Crippen molar-refractivity contribution in [1.82, 2.24) is 0 Å². The molecular formula is C7H12N5+. The highest BCUT2D eigenvalue weighted by molar-refractivity contribution is 5.98. The van der Waals surface area contributed by atoms with Crippen LogP contribution in [0.1, 0.15) is 6.92 Å². The van der Waals surface area contributed by atoms with Crippen LogP contribution >= 0.6 is 0 Å². The monoisotopic (exact) mass is 166 g/mol. The molecule has 4 N–H and O–H groups in total. The minimum absolute atomic E-state index is 0.253. The first-order chi connectivity index (χ1) is 5.67. The molecule has 5 heteroatoms. The molecule has 0 aromatic carbocycles. The number of nitrogens with two attached hydrogens (primary N) is 2. The summed E-state index contributed by atoms with van der Waals surface area (Å²) in [6, 6.07) is 0. The van der Waals surface area contributed by atoms with Crippen LogP contribution in [0, 0.1) is 6.57 Å². The maximum Gasteiger partial charge on any atom is 0.342 e. The molecule has 0 fully saturated rings. The molecule has 64 valence electrons. The highest BCUT2D eigenvalue weighted by Gasteiger charge is 2.11. The van der Waals surface area contributed by atoms with Gasteiger partial charge in [0.2, 0.25) is 0 Å². The number of nitrogens with zero attached hydrogens (tertiary/aromatic N) is 3. The van der Waals surface area contributed by atoms with E-state index in [1.165, 1.54) is 0 Å². The molecule has 0 radical (unpaired) electrons. The quantitative estimate of drug-likeness (QED) is 0.452. The van der Waals surface area contributed by atoms with Crippen LogP contribution in [-0.4, -0.2) is 19.2 Å². The Morgan fingerprint density at radius 1 is 1.58 bits per heavy atom. The molecule has 0 aliphatic heterocycles. The predicted molar refractivity (Wildman–Crippen MR) is 51.2 cm³/mol. The average molecular weight is 166 g/mol. The molecule has 0 heterocycles. The second-order valence-corrected chi connectivity index (χ2v) is 1.95. The van der Waals surface area contributed by atoms with E-state index in [2.05, 4.69) is 14.8 Å². The molecule has 0 rings (SSSR count). The summed E-state index contributed by atoms with van der Waals surface area (Å²) in [6.45, 7) is 6.70. The topological polar surface area (TPSA) is 81.1 Å². The zero-order valence-corrected chi connectivity index (χ0v) is 7.15. The number of rotatable bonds is 2. The van der Waals surface area contributed by atoms with Gasteiger partial charge in [0.1, 0.15) is 0 Å². The number of aliphatic imine (C=N–C) groups is 2. The van der Waals surface area contributed by atoms with Crippen molar-refractivity contribution >= 4 is 12.2 Å². The molecule has 0 aromatic rings. The van der Waals surface area contributed by atoms with Crippen LogP contribution < -0.4 is 11.5 Å². The van der Waals surface area contributed by atoms with Crippen LogP contribution in [0.3, 0.4) is 0 Å². The summed E-state index contributed by atoms with van der Waals surface area (Å²) in [4.78, 5) is 10.9. The molecule has 0 aliphatic rings. The fraction of sp³-hybridized carbons (Fsp3) is 0.286. The van der Waals surface area contributed by atoms with E-state index >= 15 is 0 Å². The SMILES string of the molecule is C#[N+]/C(C)=C(/N=CN)C(N)=NC. The van der Waals surface area contributed by atoms with E-state index in [0.717, 1.165) is 6.34 Å². The van der Waals surface area contributed by atoms with Crippen molar-refractivity contribution in [2.75, 3.05) is 7.05 Å². The molecule has 0 unspecified atom stereocenters. The first-order valence-electron chi connectivity index (χ1n) is 3.26. The second kappa shape index (κ2) is 4.91. The van der Waals surface area contributed by atoms with E-state index in [1.54, 1.807) is 14.0 Å². The molecule has 0 bridgehead atoms. The summed E-state index contributed by atoms with van der Waals surface area (Å²) in [5.74, 6) is 0.253. The summed E-state index contributed by atoms with van der Waals surface area (Å²) in [6.07, 6.45) is 1.11. The van der Waals surface area contributed by atoms with Gasteiger partial charge in [-0.15, -0.1) is 0 Å². The van der Waals surface area contributed by atoms with Gasteiger partial charge in [-0.25, -0.2) is 4.99 Å². The zero-order valence-electron chi connectivity index (χ0n) is 7.15. The summed E-state index contributed by atoms with van der Waals surface area (Å²) >= 11 is 0. The third-order valence-electron chi connectivity index (χ3n) is 1.22. The third kappa shape index (κ3) is 2.42. The van der Waals surface area contributed by atoms with Crippen LogP contribution in [0.25, 0.3) is 4.85 Å². The molecular weight excluding hydrogens is 154 g/mol. The standard InChI is InChI=1S/C7H12N5/c1-5(10-2)6(12-4-8)7(9)11-3/h2,4H,1,3H3,(H2,8,12)(H2,9,11)/q+1/b6-5+. The number of amidine groups is 1.